The smallest absolute Gasteiger partial charge is 0.286 e. The van der Waals surface area contributed by atoms with Gasteiger partial charge in [0.25, 0.3) is 20.2 Å². The number of hydrogen-bond donors (Lipinski definition) is 2. The largest absolute Gasteiger partial charge is 0.294 e. The van der Waals surface area contributed by atoms with Gasteiger partial charge in [-0.15, -0.1) is 0 Å². The summed E-state index contributed by atoms with van der Waals surface area (Å²) in [6.45, 7) is 6.48. The van der Waals surface area contributed by atoms with E-state index in [1.54, 1.807) is 6.07 Å². The summed E-state index contributed by atoms with van der Waals surface area (Å²) in [7, 11) is -8.37. The van der Waals surface area contributed by atoms with Gasteiger partial charge in [0.15, 0.2) is 5.71 Å². The summed E-state index contributed by atoms with van der Waals surface area (Å²) in [4.78, 5) is -0.187. The highest BCUT2D eigenvalue weighted by atomic mass is 32.2. The number of benzene rings is 1. The number of nitrogens with zero attached hydrogens (tertiary/aromatic N) is 1. The predicted octanol–water partition coefficient (Wildman–Crippen LogP) is 2.00. The van der Waals surface area contributed by atoms with Crippen LogP contribution in [-0.4, -0.2) is 48.5 Å². The molecule has 1 aliphatic heterocycles. The van der Waals surface area contributed by atoms with E-state index < -0.39 is 25.7 Å². The molecule has 1 aliphatic rings. The Kier molecular flexibility index (Phi) is 4.93. The van der Waals surface area contributed by atoms with E-state index in [1.807, 2.05) is 25.3 Å². The molecule has 1 heterocycles. The van der Waals surface area contributed by atoms with Gasteiger partial charge in [-0.05, 0) is 38.8 Å². The molecule has 0 amide bonds. The summed E-state index contributed by atoms with van der Waals surface area (Å²) >= 11 is 0. The van der Waals surface area contributed by atoms with Crippen LogP contribution in [0.4, 0.5) is 5.69 Å². The quantitative estimate of drug-likeness (QED) is 0.580. The van der Waals surface area contributed by atoms with Crippen LogP contribution in [0, 0.1) is 0 Å². The minimum absolute atomic E-state index is 0.187. The molecule has 0 aromatic heterocycles. The van der Waals surface area contributed by atoms with Crippen molar-refractivity contribution in [1.82, 2.24) is 0 Å². The lowest BCUT2D eigenvalue weighted by atomic mass is 9.76. The Labute approximate surface area is 142 Å². The minimum Gasteiger partial charge on any atom is -0.286 e. The van der Waals surface area contributed by atoms with Gasteiger partial charge in [0.1, 0.15) is 6.54 Å². The van der Waals surface area contributed by atoms with Gasteiger partial charge in [-0.1, -0.05) is 0 Å². The van der Waals surface area contributed by atoms with Crippen molar-refractivity contribution in [2.45, 2.75) is 43.9 Å². The molecule has 0 fully saturated rings. The highest BCUT2D eigenvalue weighted by molar-refractivity contribution is 7.86. The molecule has 1 aromatic rings. The predicted molar refractivity (Wildman–Crippen MR) is 90.4 cm³/mol. The van der Waals surface area contributed by atoms with Crippen molar-refractivity contribution < 1.29 is 30.5 Å². The Bertz CT molecular complexity index is 902. The van der Waals surface area contributed by atoms with Crippen LogP contribution in [0.3, 0.4) is 0 Å². The van der Waals surface area contributed by atoms with E-state index in [0.29, 0.717) is 13.0 Å². The van der Waals surface area contributed by atoms with Crippen molar-refractivity contribution in [3.63, 3.8) is 0 Å². The number of rotatable bonds is 6. The Hall–Kier alpha value is -1.29. The van der Waals surface area contributed by atoms with Crippen molar-refractivity contribution in [3.05, 3.63) is 23.8 Å². The maximum atomic E-state index is 11.4. The van der Waals surface area contributed by atoms with E-state index in [-0.39, 0.29) is 17.1 Å². The van der Waals surface area contributed by atoms with E-state index >= 15 is 0 Å². The molecule has 0 aliphatic carbocycles. The first-order valence-electron chi connectivity index (χ1n) is 7.59. The molecular weight excluding hydrogens is 354 g/mol. The molecule has 1 unspecified atom stereocenters. The fourth-order valence-electron chi connectivity index (χ4n) is 3.36. The average Bonchev–Trinajstić information content (AvgIpc) is 2.65. The topological polar surface area (TPSA) is 112 Å². The van der Waals surface area contributed by atoms with Crippen LogP contribution in [0.2, 0.25) is 0 Å². The second-order valence-corrected chi connectivity index (χ2v) is 9.20. The Balaban J connectivity index is 2.51. The molecule has 24 heavy (non-hydrogen) atoms. The third kappa shape index (κ3) is 3.53. The highest BCUT2D eigenvalue weighted by Gasteiger charge is 2.46. The molecule has 0 radical (unpaired) electrons. The summed E-state index contributed by atoms with van der Waals surface area (Å²) in [6, 6.07) is 4.45. The van der Waals surface area contributed by atoms with E-state index in [9.17, 15) is 21.4 Å². The van der Waals surface area contributed by atoms with E-state index in [1.165, 1.54) is 12.1 Å². The van der Waals surface area contributed by atoms with Gasteiger partial charge in [0.2, 0.25) is 5.69 Å². The zero-order valence-electron chi connectivity index (χ0n) is 13.9. The number of fused-ring (bicyclic) bond motifs is 1. The molecular formula is C15H22NO6S2+. The molecule has 0 bridgehead atoms. The normalized spacial score (nSPS) is 21.2. The standard InChI is InChI=1S/C15H21NO6S2/c1-4-16-11(2)15(3,8-5-9-23(17,18)19)13-10-12(24(20,21)22)6-7-14(13)16/h6-7,10H,4-5,8-9H2,1-3H3,(H-,17,18,19,20,21,22)/p+1. The summed E-state index contributed by atoms with van der Waals surface area (Å²) in [5.74, 6) is -0.352. The second kappa shape index (κ2) is 6.21. The molecule has 2 rings (SSSR count). The Morgan fingerprint density at radius 1 is 1.17 bits per heavy atom. The van der Waals surface area contributed by atoms with Gasteiger partial charge in [-0.25, -0.2) is 0 Å². The highest BCUT2D eigenvalue weighted by Crippen LogP contribution is 2.43. The summed E-state index contributed by atoms with van der Waals surface area (Å²) < 4.78 is 65.1. The van der Waals surface area contributed by atoms with E-state index in [4.69, 9.17) is 4.55 Å². The van der Waals surface area contributed by atoms with Crippen LogP contribution < -0.4 is 0 Å². The molecule has 1 aromatic carbocycles. The van der Waals surface area contributed by atoms with Gasteiger partial charge in [-0.2, -0.15) is 21.4 Å². The van der Waals surface area contributed by atoms with Crippen molar-refractivity contribution in [2.75, 3.05) is 12.3 Å². The lowest BCUT2D eigenvalue weighted by Gasteiger charge is -2.22. The van der Waals surface area contributed by atoms with Crippen molar-refractivity contribution in [1.29, 1.82) is 0 Å². The van der Waals surface area contributed by atoms with Gasteiger partial charge in [-0.3, -0.25) is 9.11 Å². The summed E-state index contributed by atoms with van der Waals surface area (Å²) in [5, 5.41) is 0. The SMILES string of the molecule is CC[N+]1=C(C)C(C)(CCCS(=O)(=O)O)c2cc(S(=O)(=O)O)ccc21. The second-order valence-electron chi connectivity index (χ2n) is 6.21. The zero-order chi connectivity index (χ0) is 18.3. The first kappa shape index (κ1) is 19.0. The van der Waals surface area contributed by atoms with Crippen LogP contribution in [0.5, 0.6) is 0 Å². The Morgan fingerprint density at radius 2 is 1.79 bits per heavy atom. The van der Waals surface area contributed by atoms with Gasteiger partial charge < -0.3 is 0 Å². The zero-order valence-corrected chi connectivity index (χ0v) is 15.5. The average molecular weight is 376 g/mol. The van der Waals surface area contributed by atoms with Crippen molar-refractivity contribution >= 4 is 31.6 Å². The van der Waals surface area contributed by atoms with Crippen LogP contribution in [0.1, 0.15) is 39.2 Å². The molecule has 0 saturated carbocycles. The maximum absolute atomic E-state index is 11.4. The molecule has 7 nitrogen and oxygen atoms in total. The Morgan fingerprint density at radius 3 is 2.29 bits per heavy atom. The van der Waals surface area contributed by atoms with E-state index in [0.717, 1.165) is 17.0 Å². The molecule has 0 spiro atoms. The van der Waals surface area contributed by atoms with Crippen LogP contribution >= 0.6 is 0 Å². The van der Waals surface area contributed by atoms with E-state index in [2.05, 4.69) is 0 Å². The van der Waals surface area contributed by atoms with Gasteiger partial charge in [0, 0.05) is 18.6 Å². The van der Waals surface area contributed by atoms with Gasteiger partial charge in [0.05, 0.1) is 16.1 Å². The number of hydrogen-bond acceptors (Lipinski definition) is 4. The van der Waals surface area contributed by atoms with Crippen LogP contribution in [0.15, 0.2) is 23.1 Å². The third-order valence-electron chi connectivity index (χ3n) is 4.75. The molecule has 9 heteroatoms. The first-order chi connectivity index (χ1) is 10.9. The van der Waals surface area contributed by atoms with Crippen molar-refractivity contribution in [3.8, 4) is 0 Å². The molecule has 0 saturated heterocycles. The molecule has 2 N–H and O–H groups in total. The summed E-state index contributed by atoms with van der Waals surface area (Å²) in [5.41, 5.74) is 1.98. The minimum atomic E-state index is -4.32. The third-order valence-corrected chi connectivity index (χ3v) is 6.40. The van der Waals surface area contributed by atoms with Crippen LogP contribution in [-0.2, 0) is 25.7 Å². The van der Waals surface area contributed by atoms with Crippen molar-refractivity contribution in [2.24, 2.45) is 0 Å². The fourth-order valence-corrected chi connectivity index (χ4v) is 4.37. The summed E-state index contributed by atoms with van der Waals surface area (Å²) in [6.07, 6.45) is 0.664. The molecule has 1 atom stereocenters. The monoisotopic (exact) mass is 376 g/mol. The fraction of sp³-hybridized carbons (Fsp3) is 0.533. The van der Waals surface area contributed by atoms with Crippen LogP contribution in [0.25, 0.3) is 0 Å². The van der Waals surface area contributed by atoms with Gasteiger partial charge >= 0.3 is 0 Å². The lowest BCUT2D eigenvalue weighted by molar-refractivity contribution is -0.434. The first-order valence-corrected chi connectivity index (χ1v) is 10.6. The molecule has 134 valence electrons. The maximum Gasteiger partial charge on any atom is 0.294 e. The lowest BCUT2D eigenvalue weighted by Crippen LogP contribution is -2.31.